The molecule has 0 amide bonds. The molecule has 144 valence electrons. The lowest BCUT2D eigenvalue weighted by molar-refractivity contribution is -0.147. The van der Waals surface area contributed by atoms with Crippen molar-refractivity contribution < 1.29 is 4.79 Å². The molecule has 2 atom stereocenters. The number of carbonyl (C=O) groups excluding carboxylic acids is 1. The maximum atomic E-state index is 14.0. The molecule has 24 heavy (non-hydrogen) atoms. The van der Waals surface area contributed by atoms with Crippen molar-refractivity contribution in [2.45, 2.75) is 120 Å². The highest BCUT2D eigenvalue weighted by Gasteiger charge is 2.50. The van der Waals surface area contributed by atoms with Crippen LogP contribution in [0.15, 0.2) is 0 Å². The quantitative estimate of drug-likeness (QED) is 0.295. The molecule has 1 nitrogen and oxygen atoms in total. The highest BCUT2D eigenvalue weighted by atomic mass is 16.1. The van der Waals surface area contributed by atoms with Crippen LogP contribution in [0.1, 0.15) is 120 Å². The lowest BCUT2D eigenvalue weighted by Gasteiger charge is -2.46. The second kappa shape index (κ2) is 11.3. The first-order valence-corrected chi connectivity index (χ1v) is 10.8. The molecule has 0 aromatic carbocycles. The molecule has 0 rings (SSSR count). The monoisotopic (exact) mass is 338 g/mol. The summed E-state index contributed by atoms with van der Waals surface area (Å²) < 4.78 is 0. The van der Waals surface area contributed by atoms with E-state index in [-0.39, 0.29) is 10.8 Å². The van der Waals surface area contributed by atoms with Crippen molar-refractivity contribution in [1.29, 1.82) is 0 Å². The Labute approximate surface area is 153 Å². The Kier molecular flexibility index (Phi) is 11.2. The van der Waals surface area contributed by atoms with Gasteiger partial charge in [0.1, 0.15) is 5.78 Å². The third-order valence-electron chi connectivity index (χ3n) is 6.83. The van der Waals surface area contributed by atoms with Crippen molar-refractivity contribution in [1.82, 2.24) is 0 Å². The zero-order valence-electron chi connectivity index (χ0n) is 18.1. The van der Waals surface area contributed by atoms with Crippen LogP contribution in [0.5, 0.6) is 0 Å². The van der Waals surface area contributed by atoms with Gasteiger partial charge >= 0.3 is 0 Å². The standard InChI is InChI=1S/C23H46O/c1-9-13-15-17-22(11-3,19(5)6)21(24)23(12-4,20(7)8)18-16-14-10-2/h19-20H,9-18H2,1-8H3. The number of unbranched alkanes of at least 4 members (excludes halogenated alkanes) is 4. The Morgan fingerprint density at radius 3 is 1.21 bits per heavy atom. The summed E-state index contributed by atoms with van der Waals surface area (Å²) in [6.45, 7) is 18.1. The average Bonchev–Trinajstić information content (AvgIpc) is 2.55. The molecule has 0 aliphatic heterocycles. The zero-order chi connectivity index (χ0) is 18.8. The van der Waals surface area contributed by atoms with E-state index in [1.165, 1.54) is 38.5 Å². The summed E-state index contributed by atoms with van der Waals surface area (Å²) in [5.74, 6) is 1.46. The van der Waals surface area contributed by atoms with Crippen LogP contribution in [0.2, 0.25) is 0 Å². The van der Waals surface area contributed by atoms with Gasteiger partial charge in [0.2, 0.25) is 0 Å². The van der Waals surface area contributed by atoms with Crippen LogP contribution in [-0.2, 0) is 4.79 Å². The van der Waals surface area contributed by atoms with E-state index in [4.69, 9.17) is 0 Å². The average molecular weight is 339 g/mol. The molecule has 0 aromatic rings. The second-order valence-electron chi connectivity index (χ2n) is 8.57. The Balaban J connectivity index is 5.70. The predicted octanol–water partition coefficient (Wildman–Crippen LogP) is 7.82. The van der Waals surface area contributed by atoms with Crippen molar-refractivity contribution in [3.05, 3.63) is 0 Å². The summed E-state index contributed by atoms with van der Waals surface area (Å²) in [6.07, 6.45) is 11.5. The van der Waals surface area contributed by atoms with Crippen molar-refractivity contribution in [2.24, 2.45) is 22.7 Å². The normalized spacial score (nSPS) is 17.1. The number of Topliss-reactive ketones (excluding diaryl/α,β-unsaturated/α-hetero) is 1. The topological polar surface area (TPSA) is 17.1 Å². The Hall–Kier alpha value is -0.330. The first-order chi connectivity index (χ1) is 11.3. The summed E-state index contributed by atoms with van der Waals surface area (Å²) in [5.41, 5.74) is -0.247. The van der Waals surface area contributed by atoms with E-state index in [0.29, 0.717) is 17.6 Å². The summed E-state index contributed by atoms with van der Waals surface area (Å²) in [7, 11) is 0. The molecule has 0 radical (unpaired) electrons. The van der Waals surface area contributed by atoms with Gasteiger partial charge in [-0.05, 0) is 37.5 Å². The van der Waals surface area contributed by atoms with E-state index in [0.717, 1.165) is 25.7 Å². The first kappa shape index (κ1) is 23.7. The molecule has 0 aliphatic carbocycles. The zero-order valence-corrected chi connectivity index (χ0v) is 18.1. The molecule has 0 aromatic heterocycles. The Bertz CT molecular complexity index is 312. The van der Waals surface area contributed by atoms with Gasteiger partial charge in [0.05, 0.1) is 0 Å². The van der Waals surface area contributed by atoms with Crippen molar-refractivity contribution in [3.8, 4) is 0 Å². The van der Waals surface area contributed by atoms with E-state index in [9.17, 15) is 4.79 Å². The van der Waals surface area contributed by atoms with Crippen LogP contribution < -0.4 is 0 Å². The van der Waals surface area contributed by atoms with Gasteiger partial charge in [0, 0.05) is 10.8 Å². The summed E-state index contributed by atoms with van der Waals surface area (Å²) in [4.78, 5) is 14.0. The lowest BCUT2D eigenvalue weighted by atomic mass is 9.56. The molecule has 0 aliphatic rings. The fourth-order valence-electron chi connectivity index (χ4n) is 4.70. The summed E-state index contributed by atoms with van der Waals surface area (Å²) >= 11 is 0. The highest BCUT2D eigenvalue weighted by Crippen LogP contribution is 2.49. The molecule has 0 saturated carbocycles. The van der Waals surface area contributed by atoms with E-state index < -0.39 is 0 Å². The maximum Gasteiger partial charge on any atom is 0.145 e. The van der Waals surface area contributed by atoms with E-state index in [2.05, 4.69) is 55.4 Å². The molecule has 0 fully saturated rings. The van der Waals surface area contributed by atoms with Gasteiger partial charge in [-0.1, -0.05) is 93.9 Å². The largest absolute Gasteiger partial charge is 0.298 e. The van der Waals surface area contributed by atoms with Gasteiger partial charge in [0.15, 0.2) is 0 Å². The van der Waals surface area contributed by atoms with Crippen LogP contribution in [0.25, 0.3) is 0 Å². The van der Waals surface area contributed by atoms with Crippen LogP contribution in [0.3, 0.4) is 0 Å². The molecular formula is C23H46O. The van der Waals surface area contributed by atoms with Crippen molar-refractivity contribution in [3.63, 3.8) is 0 Å². The minimum absolute atomic E-state index is 0.123. The SMILES string of the molecule is CCCCCC(CC)(C(=O)C(CC)(CCCCC)C(C)C)C(C)C. The van der Waals surface area contributed by atoms with Gasteiger partial charge in [-0.15, -0.1) is 0 Å². The molecule has 0 heterocycles. The fraction of sp³-hybridized carbons (Fsp3) is 0.957. The molecule has 0 spiro atoms. The van der Waals surface area contributed by atoms with Crippen LogP contribution in [0.4, 0.5) is 0 Å². The van der Waals surface area contributed by atoms with E-state index in [1.54, 1.807) is 0 Å². The smallest absolute Gasteiger partial charge is 0.145 e. The van der Waals surface area contributed by atoms with Crippen LogP contribution in [-0.4, -0.2) is 5.78 Å². The molecule has 1 heteroatoms. The van der Waals surface area contributed by atoms with Gasteiger partial charge in [-0.2, -0.15) is 0 Å². The number of rotatable bonds is 14. The lowest BCUT2D eigenvalue weighted by Crippen LogP contribution is -2.49. The fourth-order valence-corrected chi connectivity index (χ4v) is 4.70. The van der Waals surface area contributed by atoms with E-state index in [1.807, 2.05) is 0 Å². The minimum atomic E-state index is -0.123. The molecule has 0 bridgehead atoms. The third-order valence-corrected chi connectivity index (χ3v) is 6.83. The number of hydrogen-bond acceptors (Lipinski definition) is 1. The maximum absolute atomic E-state index is 14.0. The van der Waals surface area contributed by atoms with Gasteiger partial charge in [0.25, 0.3) is 0 Å². The van der Waals surface area contributed by atoms with Gasteiger partial charge < -0.3 is 0 Å². The molecule has 2 unspecified atom stereocenters. The Morgan fingerprint density at radius 2 is 1.00 bits per heavy atom. The number of hydrogen-bond donors (Lipinski definition) is 0. The van der Waals surface area contributed by atoms with Crippen molar-refractivity contribution in [2.75, 3.05) is 0 Å². The second-order valence-corrected chi connectivity index (χ2v) is 8.57. The van der Waals surface area contributed by atoms with Gasteiger partial charge in [-0.25, -0.2) is 0 Å². The third kappa shape index (κ3) is 5.33. The molecule has 0 N–H and O–H groups in total. The van der Waals surface area contributed by atoms with Gasteiger partial charge in [-0.3, -0.25) is 4.79 Å². The molecule has 0 saturated heterocycles. The van der Waals surface area contributed by atoms with E-state index >= 15 is 0 Å². The summed E-state index contributed by atoms with van der Waals surface area (Å²) in [6, 6.07) is 0. The Morgan fingerprint density at radius 1 is 0.667 bits per heavy atom. The van der Waals surface area contributed by atoms with Crippen molar-refractivity contribution >= 4 is 5.78 Å². The predicted molar refractivity (Wildman–Crippen MR) is 108 cm³/mol. The summed E-state index contributed by atoms with van der Waals surface area (Å²) in [5, 5.41) is 0. The number of ketones is 1. The number of carbonyl (C=O) groups is 1. The molecular weight excluding hydrogens is 292 g/mol. The van der Waals surface area contributed by atoms with Crippen LogP contribution >= 0.6 is 0 Å². The first-order valence-electron chi connectivity index (χ1n) is 10.8. The van der Waals surface area contributed by atoms with Crippen LogP contribution in [0, 0.1) is 22.7 Å². The highest BCUT2D eigenvalue weighted by molar-refractivity contribution is 5.90. The minimum Gasteiger partial charge on any atom is -0.298 e.